The van der Waals surface area contributed by atoms with Crippen molar-refractivity contribution in [3.05, 3.63) is 45.6 Å². The van der Waals surface area contributed by atoms with E-state index in [0.29, 0.717) is 18.1 Å². The Morgan fingerprint density at radius 1 is 1.29 bits per heavy atom. The van der Waals surface area contributed by atoms with Crippen molar-refractivity contribution >= 4 is 46.5 Å². The van der Waals surface area contributed by atoms with E-state index in [1.807, 2.05) is 0 Å². The fraction of sp³-hybridized carbons (Fsp3) is 0.286. The van der Waals surface area contributed by atoms with Crippen LogP contribution in [0.4, 0.5) is 23.1 Å². The van der Waals surface area contributed by atoms with Crippen molar-refractivity contribution < 1.29 is 4.92 Å². The van der Waals surface area contributed by atoms with Crippen molar-refractivity contribution in [3.8, 4) is 0 Å². The number of nitrogens with two attached hydrogens (primary N) is 1. The number of anilines is 3. The van der Waals surface area contributed by atoms with E-state index in [0.717, 1.165) is 17.2 Å². The van der Waals surface area contributed by atoms with Crippen molar-refractivity contribution in [1.29, 1.82) is 0 Å². The third kappa shape index (κ3) is 5.52. The van der Waals surface area contributed by atoms with Gasteiger partial charge in [-0.05, 0) is 24.3 Å². The third-order valence-electron chi connectivity index (χ3n) is 2.87. The van der Waals surface area contributed by atoms with Crippen molar-refractivity contribution in [2.24, 2.45) is 5.73 Å². The van der Waals surface area contributed by atoms with Crippen LogP contribution in [0.3, 0.4) is 0 Å². The smallest absolute Gasteiger partial charge is 0.329 e. The van der Waals surface area contributed by atoms with E-state index in [9.17, 15) is 10.1 Å². The highest BCUT2D eigenvalue weighted by Crippen LogP contribution is 2.24. The first kappa shape index (κ1) is 18.2. The number of benzene rings is 1. The molecule has 1 aromatic heterocycles. The van der Waals surface area contributed by atoms with Crippen molar-refractivity contribution in [2.45, 2.75) is 0 Å². The summed E-state index contributed by atoms with van der Waals surface area (Å²) in [5.74, 6) is 2.06. The lowest BCUT2D eigenvalue weighted by atomic mass is 10.3. The fourth-order valence-corrected chi connectivity index (χ4v) is 2.53. The van der Waals surface area contributed by atoms with Crippen LogP contribution in [0.5, 0.6) is 0 Å². The van der Waals surface area contributed by atoms with Gasteiger partial charge in [0.1, 0.15) is 6.20 Å². The van der Waals surface area contributed by atoms with E-state index in [-0.39, 0.29) is 17.5 Å². The normalized spacial score (nSPS) is 10.4. The minimum atomic E-state index is -0.512. The van der Waals surface area contributed by atoms with Crippen LogP contribution in [-0.4, -0.2) is 39.5 Å². The molecule has 0 bridgehead atoms. The van der Waals surface area contributed by atoms with Crippen molar-refractivity contribution in [3.63, 3.8) is 0 Å². The van der Waals surface area contributed by atoms with E-state index in [1.54, 1.807) is 36.0 Å². The van der Waals surface area contributed by atoms with Crippen LogP contribution in [0.25, 0.3) is 0 Å². The van der Waals surface area contributed by atoms with E-state index in [1.165, 1.54) is 6.20 Å². The summed E-state index contributed by atoms with van der Waals surface area (Å²) in [6.45, 7) is 1.15. The van der Waals surface area contributed by atoms with Gasteiger partial charge in [-0.15, -0.1) is 0 Å². The van der Waals surface area contributed by atoms with Gasteiger partial charge in [-0.3, -0.25) is 10.1 Å². The molecule has 0 saturated heterocycles. The summed E-state index contributed by atoms with van der Waals surface area (Å²) in [5, 5.41) is 17.7. The minimum absolute atomic E-state index is 0.166. The van der Waals surface area contributed by atoms with Crippen LogP contribution in [0, 0.1) is 10.1 Å². The van der Waals surface area contributed by atoms with Crippen LogP contribution in [0.1, 0.15) is 0 Å². The SMILES string of the molecule is NCCSCCNc1nc(Nc2ccc(Cl)cc2)ncc1[N+](=O)[O-]. The number of hydrogen-bond acceptors (Lipinski definition) is 8. The first-order chi connectivity index (χ1) is 11.6. The van der Waals surface area contributed by atoms with E-state index in [2.05, 4.69) is 20.6 Å². The first-order valence-corrected chi connectivity index (χ1v) is 8.69. The Morgan fingerprint density at radius 3 is 2.71 bits per heavy atom. The molecule has 1 aromatic carbocycles. The van der Waals surface area contributed by atoms with Crippen LogP contribution < -0.4 is 16.4 Å². The minimum Gasteiger partial charge on any atom is -0.363 e. The van der Waals surface area contributed by atoms with Crippen molar-refractivity contribution in [1.82, 2.24) is 9.97 Å². The maximum absolute atomic E-state index is 11.1. The highest BCUT2D eigenvalue weighted by Gasteiger charge is 2.17. The van der Waals surface area contributed by atoms with E-state index in [4.69, 9.17) is 17.3 Å². The van der Waals surface area contributed by atoms with Gasteiger partial charge in [0, 0.05) is 35.3 Å². The molecule has 0 saturated carbocycles. The summed E-state index contributed by atoms with van der Waals surface area (Å²) in [6, 6.07) is 6.99. The highest BCUT2D eigenvalue weighted by atomic mass is 35.5. The highest BCUT2D eigenvalue weighted by molar-refractivity contribution is 7.99. The summed E-state index contributed by atoms with van der Waals surface area (Å²) in [7, 11) is 0. The molecule has 0 radical (unpaired) electrons. The number of hydrogen-bond donors (Lipinski definition) is 3. The fourth-order valence-electron chi connectivity index (χ4n) is 1.79. The van der Waals surface area contributed by atoms with Gasteiger partial charge in [0.15, 0.2) is 0 Å². The summed E-state index contributed by atoms with van der Waals surface area (Å²) in [5.41, 5.74) is 5.99. The molecule has 8 nitrogen and oxygen atoms in total. The molecule has 0 amide bonds. The molecule has 0 fully saturated rings. The summed E-state index contributed by atoms with van der Waals surface area (Å²) in [6.07, 6.45) is 1.18. The Kier molecular flexibility index (Phi) is 7.04. The molecule has 0 unspecified atom stereocenters. The molecule has 128 valence electrons. The van der Waals surface area contributed by atoms with Gasteiger partial charge in [0.25, 0.3) is 0 Å². The predicted molar refractivity (Wildman–Crippen MR) is 98.3 cm³/mol. The topological polar surface area (TPSA) is 119 Å². The Morgan fingerprint density at radius 2 is 2.04 bits per heavy atom. The zero-order valence-corrected chi connectivity index (χ0v) is 14.3. The van der Waals surface area contributed by atoms with Gasteiger partial charge in [-0.25, -0.2) is 4.98 Å². The second-order valence-electron chi connectivity index (χ2n) is 4.64. The maximum Gasteiger partial charge on any atom is 0.329 e. The molecule has 24 heavy (non-hydrogen) atoms. The molecule has 1 heterocycles. The standard InChI is InChI=1S/C14H17ClN6O2S/c15-10-1-3-11(4-2-10)19-14-18-9-12(21(22)23)13(20-14)17-6-8-24-7-5-16/h1-4,9H,5-8,16H2,(H2,17,18,19,20). The number of thioether (sulfide) groups is 1. The lowest BCUT2D eigenvalue weighted by molar-refractivity contribution is -0.384. The zero-order chi connectivity index (χ0) is 17.4. The van der Waals surface area contributed by atoms with Crippen LogP contribution in [0.15, 0.2) is 30.5 Å². The number of nitrogens with zero attached hydrogens (tertiary/aromatic N) is 3. The van der Waals surface area contributed by atoms with E-state index >= 15 is 0 Å². The van der Waals surface area contributed by atoms with Crippen LogP contribution in [0.2, 0.25) is 5.02 Å². The molecule has 0 spiro atoms. The quantitative estimate of drug-likeness (QED) is 0.351. The molecule has 0 aliphatic rings. The zero-order valence-electron chi connectivity index (χ0n) is 12.7. The number of nitrogens with one attached hydrogen (secondary N) is 2. The monoisotopic (exact) mass is 368 g/mol. The van der Waals surface area contributed by atoms with Gasteiger partial charge < -0.3 is 16.4 Å². The molecule has 0 atom stereocenters. The summed E-state index contributed by atoms with van der Waals surface area (Å²) >= 11 is 7.50. The Labute approximate surface area is 148 Å². The second-order valence-corrected chi connectivity index (χ2v) is 6.31. The number of aromatic nitrogens is 2. The number of halogens is 1. The third-order valence-corrected chi connectivity index (χ3v) is 4.14. The molecule has 10 heteroatoms. The molecule has 4 N–H and O–H groups in total. The molecule has 0 aliphatic heterocycles. The first-order valence-electron chi connectivity index (χ1n) is 7.16. The molecule has 2 aromatic rings. The lowest BCUT2D eigenvalue weighted by Gasteiger charge is -2.09. The van der Waals surface area contributed by atoms with Gasteiger partial charge in [-0.1, -0.05) is 11.6 Å². The van der Waals surface area contributed by atoms with Crippen LogP contribution in [-0.2, 0) is 0 Å². The van der Waals surface area contributed by atoms with Gasteiger partial charge in [-0.2, -0.15) is 16.7 Å². The average molecular weight is 369 g/mol. The molecular weight excluding hydrogens is 352 g/mol. The molecular formula is C14H17ClN6O2S. The molecule has 2 rings (SSSR count). The summed E-state index contributed by atoms with van der Waals surface area (Å²) in [4.78, 5) is 18.7. The Bertz CT molecular complexity index is 685. The Balaban J connectivity index is 2.08. The lowest BCUT2D eigenvalue weighted by Crippen LogP contribution is -2.11. The number of nitro groups is 1. The molecule has 0 aliphatic carbocycles. The summed E-state index contributed by atoms with van der Waals surface area (Å²) < 4.78 is 0. The maximum atomic E-state index is 11.1. The van der Waals surface area contributed by atoms with Gasteiger partial charge in [0.05, 0.1) is 4.92 Å². The largest absolute Gasteiger partial charge is 0.363 e. The van der Waals surface area contributed by atoms with Crippen LogP contribution >= 0.6 is 23.4 Å². The van der Waals surface area contributed by atoms with Gasteiger partial charge in [0.2, 0.25) is 11.8 Å². The van der Waals surface area contributed by atoms with Crippen molar-refractivity contribution in [2.75, 3.05) is 35.2 Å². The van der Waals surface area contributed by atoms with E-state index < -0.39 is 4.92 Å². The predicted octanol–water partition coefficient (Wildman–Crippen LogP) is 2.89. The van der Waals surface area contributed by atoms with Gasteiger partial charge >= 0.3 is 5.69 Å². The average Bonchev–Trinajstić information content (AvgIpc) is 2.57. The Hall–Kier alpha value is -2.10. The second kappa shape index (κ2) is 9.26. The number of rotatable bonds is 9.